The summed E-state index contributed by atoms with van der Waals surface area (Å²) >= 11 is 8.22. The van der Waals surface area contributed by atoms with Crippen LogP contribution in [-0.4, -0.2) is 15.0 Å². The normalized spacial score (nSPS) is 19.1. The van der Waals surface area contributed by atoms with Crippen molar-refractivity contribution in [2.45, 2.75) is 18.8 Å². The Kier molecular flexibility index (Phi) is 2.32. The number of fused-ring (bicyclic) bond motifs is 6. The van der Waals surface area contributed by atoms with Crippen LogP contribution in [-0.2, 0) is 0 Å². The number of allylic oxidation sites excluding steroid dienone is 2. The second kappa shape index (κ2) is 4.12. The molecule has 0 N–H and O–H groups in total. The monoisotopic (exact) mass is 311 g/mol. The van der Waals surface area contributed by atoms with Gasteiger partial charge in [-0.3, -0.25) is 4.98 Å². The van der Waals surface area contributed by atoms with Crippen molar-refractivity contribution in [2.24, 2.45) is 0 Å². The average molecular weight is 312 g/mol. The van der Waals surface area contributed by atoms with Gasteiger partial charge in [-0.2, -0.15) is 0 Å². The summed E-state index contributed by atoms with van der Waals surface area (Å²) in [6.07, 6.45) is 6.48. The molecule has 0 saturated heterocycles. The zero-order chi connectivity index (χ0) is 14.0. The highest BCUT2D eigenvalue weighted by Crippen LogP contribution is 2.59. The van der Waals surface area contributed by atoms with E-state index in [1.165, 1.54) is 28.9 Å². The molecule has 0 amide bonds. The number of pyridine rings is 1. The van der Waals surface area contributed by atoms with Crippen LogP contribution in [0.4, 0.5) is 0 Å². The van der Waals surface area contributed by atoms with Crippen molar-refractivity contribution in [3.8, 4) is 11.5 Å². The third-order valence-corrected chi connectivity index (χ3v) is 5.70. The van der Waals surface area contributed by atoms with Crippen molar-refractivity contribution in [1.82, 2.24) is 15.0 Å². The minimum Gasteiger partial charge on any atom is -0.253 e. The molecule has 5 heteroatoms. The van der Waals surface area contributed by atoms with E-state index < -0.39 is 0 Å². The lowest BCUT2D eigenvalue weighted by molar-refractivity contribution is 0.797. The lowest BCUT2D eigenvalue weighted by atomic mass is 9.80. The molecule has 0 radical (unpaired) electrons. The highest BCUT2D eigenvalue weighted by molar-refractivity contribution is 7.19. The van der Waals surface area contributed by atoms with Gasteiger partial charge in [-0.1, -0.05) is 23.7 Å². The van der Waals surface area contributed by atoms with E-state index in [1.54, 1.807) is 17.5 Å². The molecule has 0 aliphatic heterocycles. The van der Waals surface area contributed by atoms with Gasteiger partial charge in [0.15, 0.2) is 5.82 Å². The van der Waals surface area contributed by atoms with Crippen molar-refractivity contribution >= 4 is 38.7 Å². The van der Waals surface area contributed by atoms with Crippen LogP contribution >= 0.6 is 22.9 Å². The molecule has 3 aromatic rings. The van der Waals surface area contributed by atoms with E-state index in [9.17, 15) is 0 Å². The summed E-state index contributed by atoms with van der Waals surface area (Å²) in [7, 11) is 0. The van der Waals surface area contributed by atoms with Crippen molar-refractivity contribution in [1.29, 1.82) is 0 Å². The first-order chi connectivity index (χ1) is 10.3. The SMILES string of the molecule is Clc1nc(-c2ccccn2)nc2sc3c(c12)C1=CCCC13. The highest BCUT2D eigenvalue weighted by atomic mass is 35.5. The Hall–Kier alpha value is -1.78. The smallest absolute Gasteiger partial charge is 0.180 e. The van der Waals surface area contributed by atoms with Gasteiger partial charge in [-0.25, -0.2) is 9.97 Å². The molecular formula is C16H10ClN3S. The number of hydrogen-bond acceptors (Lipinski definition) is 4. The molecular weight excluding hydrogens is 302 g/mol. The van der Waals surface area contributed by atoms with E-state index in [4.69, 9.17) is 11.6 Å². The Bertz CT molecular complexity index is 914. The molecule has 3 nitrogen and oxygen atoms in total. The molecule has 0 bridgehead atoms. The third kappa shape index (κ3) is 1.52. The fourth-order valence-corrected chi connectivity index (χ4v) is 4.96. The molecule has 2 aliphatic rings. The molecule has 5 rings (SSSR count). The van der Waals surface area contributed by atoms with Gasteiger partial charge in [-0.05, 0) is 30.5 Å². The maximum Gasteiger partial charge on any atom is 0.180 e. The number of halogens is 1. The summed E-state index contributed by atoms with van der Waals surface area (Å²) in [6, 6.07) is 5.72. The largest absolute Gasteiger partial charge is 0.253 e. The van der Waals surface area contributed by atoms with Crippen molar-refractivity contribution in [3.05, 3.63) is 46.1 Å². The van der Waals surface area contributed by atoms with Crippen LogP contribution in [0.25, 0.3) is 27.3 Å². The van der Waals surface area contributed by atoms with Crippen LogP contribution in [0, 0.1) is 0 Å². The maximum absolute atomic E-state index is 6.46. The minimum atomic E-state index is 0.546. The van der Waals surface area contributed by atoms with Gasteiger partial charge in [0.25, 0.3) is 0 Å². The Balaban J connectivity index is 1.77. The van der Waals surface area contributed by atoms with E-state index in [0.717, 1.165) is 15.9 Å². The first-order valence-electron chi connectivity index (χ1n) is 6.94. The average Bonchev–Trinajstić information content (AvgIpc) is 3.05. The predicted molar refractivity (Wildman–Crippen MR) is 85.6 cm³/mol. The van der Waals surface area contributed by atoms with Crippen LogP contribution in [0.2, 0.25) is 5.15 Å². The van der Waals surface area contributed by atoms with Crippen molar-refractivity contribution in [2.75, 3.05) is 0 Å². The molecule has 3 heterocycles. The van der Waals surface area contributed by atoms with E-state index >= 15 is 0 Å². The molecule has 1 atom stereocenters. The van der Waals surface area contributed by atoms with Crippen molar-refractivity contribution in [3.63, 3.8) is 0 Å². The first kappa shape index (κ1) is 11.8. The van der Waals surface area contributed by atoms with Gasteiger partial charge in [-0.15, -0.1) is 11.3 Å². The fraction of sp³-hybridized carbons (Fsp3) is 0.188. The number of aromatic nitrogens is 3. The fourth-order valence-electron chi connectivity index (χ4n) is 3.29. The number of thiophene rings is 1. The quantitative estimate of drug-likeness (QED) is 0.612. The molecule has 21 heavy (non-hydrogen) atoms. The van der Waals surface area contributed by atoms with E-state index in [1.807, 2.05) is 18.2 Å². The summed E-state index contributed by atoms with van der Waals surface area (Å²) in [6.45, 7) is 0. The Morgan fingerprint density at radius 1 is 1.24 bits per heavy atom. The molecule has 2 aliphatic carbocycles. The third-order valence-electron chi connectivity index (χ3n) is 4.23. The predicted octanol–water partition coefficient (Wildman–Crippen LogP) is 4.68. The molecule has 0 aromatic carbocycles. The maximum atomic E-state index is 6.46. The van der Waals surface area contributed by atoms with Gasteiger partial charge >= 0.3 is 0 Å². The first-order valence-corrected chi connectivity index (χ1v) is 8.14. The van der Waals surface area contributed by atoms with Gasteiger partial charge in [0, 0.05) is 22.6 Å². The van der Waals surface area contributed by atoms with E-state index in [2.05, 4.69) is 21.0 Å². The Morgan fingerprint density at radius 2 is 2.19 bits per heavy atom. The molecule has 102 valence electrons. The van der Waals surface area contributed by atoms with Gasteiger partial charge < -0.3 is 0 Å². The van der Waals surface area contributed by atoms with Crippen LogP contribution in [0.5, 0.6) is 0 Å². The molecule has 3 aromatic heterocycles. The van der Waals surface area contributed by atoms with Gasteiger partial charge in [0.1, 0.15) is 15.7 Å². The second-order valence-corrected chi connectivity index (χ2v) is 6.75. The minimum absolute atomic E-state index is 0.546. The summed E-state index contributed by atoms with van der Waals surface area (Å²) in [5.74, 6) is 1.22. The zero-order valence-corrected chi connectivity index (χ0v) is 12.6. The van der Waals surface area contributed by atoms with Crippen LogP contribution < -0.4 is 0 Å². The summed E-state index contributed by atoms with van der Waals surface area (Å²) < 4.78 is 0. The summed E-state index contributed by atoms with van der Waals surface area (Å²) in [5, 5.41) is 1.57. The summed E-state index contributed by atoms with van der Waals surface area (Å²) in [5.41, 5.74) is 3.51. The summed E-state index contributed by atoms with van der Waals surface area (Å²) in [4.78, 5) is 15.9. The van der Waals surface area contributed by atoms with E-state index in [0.29, 0.717) is 16.9 Å². The topological polar surface area (TPSA) is 38.7 Å². The second-order valence-electron chi connectivity index (χ2n) is 5.36. The van der Waals surface area contributed by atoms with Gasteiger partial charge in [0.05, 0.1) is 5.39 Å². The number of rotatable bonds is 1. The van der Waals surface area contributed by atoms with E-state index in [-0.39, 0.29) is 0 Å². The lowest BCUT2D eigenvalue weighted by Crippen LogP contribution is -2.08. The Morgan fingerprint density at radius 3 is 3.05 bits per heavy atom. The lowest BCUT2D eigenvalue weighted by Gasteiger charge is -2.25. The highest BCUT2D eigenvalue weighted by Gasteiger charge is 2.39. The molecule has 0 saturated carbocycles. The Labute approximate surface area is 130 Å². The van der Waals surface area contributed by atoms with Gasteiger partial charge in [0.2, 0.25) is 0 Å². The number of nitrogens with zero attached hydrogens (tertiary/aromatic N) is 3. The van der Waals surface area contributed by atoms with Crippen LogP contribution in [0.1, 0.15) is 29.2 Å². The standard InChI is InChI=1S/C16H10ClN3S/c17-14-12-11-8-4-3-5-9(8)13(11)21-16(12)20-15(19-14)10-6-1-2-7-18-10/h1-2,4,6-7,9H,3,5H2. The number of hydrogen-bond donors (Lipinski definition) is 0. The van der Waals surface area contributed by atoms with Crippen LogP contribution in [0.3, 0.4) is 0 Å². The van der Waals surface area contributed by atoms with Crippen molar-refractivity contribution < 1.29 is 0 Å². The van der Waals surface area contributed by atoms with Crippen LogP contribution in [0.15, 0.2) is 30.5 Å². The molecule has 1 unspecified atom stereocenters. The molecule has 0 spiro atoms. The molecule has 0 fully saturated rings. The zero-order valence-electron chi connectivity index (χ0n) is 11.0.